The number of likely N-dealkylation sites (tertiary alicyclic amines) is 1. The zero-order valence-electron chi connectivity index (χ0n) is 16.5. The van der Waals surface area contributed by atoms with Crippen LogP contribution in [-0.4, -0.2) is 68.9 Å². The molecule has 27 heavy (non-hydrogen) atoms. The molecule has 0 radical (unpaired) electrons. The Bertz CT molecular complexity index is 611. The zero-order valence-corrected chi connectivity index (χ0v) is 16.5. The molecule has 7 heteroatoms. The number of rotatable bonds is 9. The second-order valence-corrected chi connectivity index (χ2v) is 6.90. The molecule has 0 aliphatic carbocycles. The van der Waals surface area contributed by atoms with Crippen LogP contribution in [0, 0.1) is 0 Å². The molecule has 2 unspecified atom stereocenters. The van der Waals surface area contributed by atoms with Gasteiger partial charge in [-0.25, -0.2) is 0 Å². The van der Waals surface area contributed by atoms with E-state index in [0.29, 0.717) is 44.6 Å². The highest BCUT2D eigenvalue weighted by Crippen LogP contribution is 2.30. The largest absolute Gasteiger partial charge is 0.376 e. The number of hydrogen-bond acceptors (Lipinski definition) is 5. The van der Waals surface area contributed by atoms with Crippen molar-refractivity contribution >= 4 is 11.8 Å². The first-order valence-electron chi connectivity index (χ1n) is 9.45. The first-order valence-corrected chi connectivity index (χ1v) is 9.45. The van der Waals surface area contributed by atoms with Gasteiger partial charge in [-0.15, -0.1) is 0 Å². The minimum atomic E-state index is -0.512. The van der Waals surface area contributed by atoms with Crippen LogP contribution in [0.5, 0.6) is 0 Å². The van der Waals surface area contributed by atoms with Crippen LogP contribution in [0.2, 0.25) is 0 Å². The fourth-order valence-electron chi connectivity index (χ4n) is 3.31. The van der Waals surface area contributed by atoms with E-state index in [0.717, 1.165) is 6.42 Å². The smallest absolute Gasteiger partial charge is 0.251 e. The first kappa shape index (κ1) is 21.3. The number of nitrogens with one attached hydrogen (secondary N) is 2. The summed E-state index contributed by atoms with van der Waals surface area (Å²) in [5, 5.41) is 5.86. The van der Waals surface area contributed by atoms with Gasteiger partial charge in [0, 0.05) is 45.8 Å². The molecule has 1 aliphatic rings. The van der Waals surface area contributed by atoms with Gasteiger partial charge in [0.25, 0.3) is 5.91 Å². The van der Waals surface area contributed by atoms with Gasteiger partial charge in [0.1, 0.15) is 6.23 Å². The predicted molar refractivity (Wildman–Crippen MR) is 103 cm³/mol. The number of amides is 2. The molecule has 1 aliphatic heterocycles. The van der Waals surface area contributed by atoms with Gasteiger partial charge in [-0.05, 0) is 25.0 Å². The SMILES string of the molecule is CCCNC(=O)CN1CCC(CNC(=O)c2ccccc2)(OC)CC1OC. The second-order valence-electron chi connectivity index (χ2n) is 6.90. The number of ether oxygens (including phenoxy) is 2. The third kappa shape index (κ3) is 6.02. The minimum Gasteiger partial charge on any atom is -0.376 e. The van der Waals surface area contributed by atoms with Crippen molar-refractivity contribution in [1.82, 2.24) is 15.5 Å². The molecular formula is C20H31N3O4. The Morgan fingerprint density at radius 3 is 2.59 bits per heavy atom. The third-order valence-corrected chi connectivity index (χ3v) is 5.04. The molecule has 1 heterocycles. The molecule has 0 bridgehead atoms. The van der Waals surface area contributed by atoms with E-state index in [9.17, 15) is 9.59 Å². The number of carbonyl (C=O) groups excluding carboxylic acids is 2. The predicted octanol–water partition coefficient (Wildman–Crippen LogP) is 1.40. The average molecular weight is 377 g/mol. The Morgan fingerprint density at radius 1 is 1.22 bits per heavy atom. The van der Waals surface area contributed by atoms with Crippen molar-refractivity contribution in [2.45, 2.75) is 38.0 Å². The maximum atomic E-state index is 12.3. The Kier molecular flexibility index (Phi) is 8.22. The third-order valence-electron chi connectivity index (χ3n) is 5.04. The van der Waals surface area contributed by atoms with Gasteiger partial charge in [-0.1, -0.05) is 25.1 Å². The quantitative estimate of drug-likeness (QED) is 0.680. The second kappa shape index (κ2) is 10.4. The number of nitrogens with zero attached hydrogens (tertiary/aromatic N) is 1. The Labute approximate surface area is 161 Å². The lowest BCUT2D eigenvalue weighted by Crippen LogP contribution is -2.57. The Hall–Kier alpha value is -1.96. The van der Waals surface area contributed by atoms with Crippen LogP contribution in [0.25, 0.3) is 0 Å². The zero-order chi connectivity index (χ0) is 19.7. The fourth-order valence-corrected chi connectivity index (χ4v) is 3.31. The lowest BCUT2D eigenvalue weighted by atomic mass is 9.89. The van der Waals surface area contributed by atoms with E-state index in [4.69, 9.17) is 9.47 Å². The van der Waals surface area contributed by atoms with Crippen molar-refractivity contribution in [2.24, 2.45) is 0 Å². The Balaban J connectivity index is 1.94. The molecule has 1 aromatic carbocycles. The molecule has 2 rings (SSSR count). The highest BCUT2D eigenvalue weighted by molar-refractivity contribution is 5.94. The van der Waals surface area contributed by atoms with Crippen LogP contribution in [-0.2, 0) is 14.3 Å². The van der Waals surface area contributed by atoms with Crippen LogP contribution in [0.15, 0.2) is 30.3 Å². The summed E-state index contributed by atoms with van der Waals surface area (Å²) in [6.07, 6.45) is 1.96. The van der Waals surface area contributed by atoms with E-state index in [1.165, 1.54) is 0 Å². The molecule has 150 valence electrons. The van der Waals surface area contributed by atoms with Crippen LogP contribution in [0.1, 0.15) is 36.5 Å². The van der Waals surface area contributed by atoms with Crippen molar-refractivity contribution in [3.8, 4) is 0 Å². The molecule has 1 fully saturated rings. The lowest BCUT2D eigenvalue weighted by Gasteiger charge is -2.45. The number of methoxy groups -OCH3 is 2. The molecule has 1 saturated heterocycles. The summed E-state index contributed by atoms with van der Waals surface area (Å²) in [4.78, 5) is 26.4. The summed E-state index contributed by atoms with van der Waals surface area (Å²) >= 11 is 0. The van der Waals surface area contributed by atoms with Gasteiger partial charge in [0.05, 0.1) is 12.1 Å². The fraction of sp³-hybridized carbons (Fsp3) is 0.600. The standard InChI is InChI=1S/C20H31N3O4/c1-4-11-21-17(24)14-23-12-10-20(27-3,13-18(23)26-2)15-22-19(25)16-8-6-5-7-9-16/h5-9,18H,4,10-15H2,1-3H3,(H,21,24)(H,22,25). The van der Waals surface area contributed by atoms with Crippen molar-refractivity contribution in [3.05, 3.63) is 35.9 Å². The number of benzene rings is 1. The maximum Gasteiger partial charge on any atom is 0.251 e. The topological polar surface area (TPSA) is 79.9 Å². The molecule has 2 amide bonds. The number of hydrogen-bond donors (Lipinski definition) is 2. The van der Waals surface area contributed by atoms with Gasteiger partial charge < -0.3 is 20.1 Å². The average Bonchev–Trinajstić information content (AvgIpc) is 2.72. The van der Waals surface area contributed by atoms with E-state index >= 15 is 0 Å². The minimum absolute atomic E-state index is 0.00111. The van der Waals surface area contributed by atoms with Crippen molar-refractivity contribution in [3.63, 3.8) is 0 Å². The molecule has 0 aromatic heterocycles. The van der Waals surface area contributed by atoms with Crippen molar-refractivity contribution in [2.75, 3.05) is 40.4 Å². The van der Waals surface area contributed by atoms with E-state index in [1.807, 2.05) is 30.0 Å². The van der Waals surface area contributed by atoms with E-state index < -0.39 is 5.60 Å². The number of piperidine rings is 1. The van der Waals surface area contributed by atoms with Crippen molar-refractivity contribution in [1.29, 1.82) is 0 Å². The summed E-state index contributed by atoms with van der Waals surface area (Å²) in [6, 6.07) is 9.12. The van der Waals surface area contributed by atoms with Crippen LogP contribution < -0.4 is 10.6 Å². The van der Waals surface area contributed by atoms with E-state index in [1.54, 1.807) is 26.4 Å². The maximum absolute atomic E-state index is 12.3. The van der Waals surface area contributed by atoms with Crippen LogP contribution >= 0.6 is 0 Å². The highest BCUT2D eigenvalue weighted by atomic mass is 16.5. The summed E-state index contributed by atoms with van der Waals surface area (Å²) in [5.74, 6) is -0.122. The number of carbonyl (C=O) groups is 2. The Morgan fingerprint density at radius 2 is 1.96 bits per heavy atom. The van der Waals surface area contributed by atoms with Gasteiger partial charge in [-0.2, -0.15) is 0 Å². The van der Waals surface area contributed by atoms with Crippen LogP contribution in [0.4, 0.5) is 0 Å². The first-order chi connectivity index (χ1) is 13.0. The van der Waals surface area contributed by atoms with Gasteiger partial charge in [0.2, 0.25) is 5.91 Å². The summed E-state index contributed by atoms with van der Waals surface area (Å²) < 4.78 is 11.4. The van der Waals surface area contributed by atoms with E-state index in [-0.39, 0.29) is 18.0 Å². The van der Waals surface area contributed by atoms with Gasteiger partial charge in [0.15, 0.2) is 0 Å². The summed E-state index contributed by atoms with van der Waals surface area (Å²) in [6.45, 7) is 4.06. The molecule has 1 aromatic rings. The molecule has 0 saturated carbocycles. The molecule has 2 atom stereocenters. The van der Waals surface area contributed by atoms with Crippen molar-refractivity contribution < 1.29 is 19.1 Å². The van der Waals surface area contributed by atoms with Crippen LogP contribution in [0.3, 0.4) is 0 Å². The molecule has 2 N–H and O–H groups in total. The molecule has 0 spiro atoms. The summed E-state index contributed by atoms with van der Waals surface area (Å²) in [5.41, 5.74) is 0.110. The van der Waals surface area contributed by atoms with E-state index in [2.05, 4.69) is 10.6 Å². The lowest BCUT2D eigenvalue weighted by molar-refractivity contribution is -0.151. The van der Waals surface area contributed by atoms with Gasteiger partial charge >= 0.3 is 0 Å². The van der Waals surface area contributed by atoms with Gasteiger partial charge in [-0.3, -0.25) is 14.5 Å². The highest BCUT2D eigenvalue weighted by Gasteiger charge is 2.41. The normalized spacial score (nSPS) is 23.0. The molecular weight excluding hydrogens is 346 g/mol. The summed E-state index contributed by atoms with van der Waals surface area (Å²) in [7, 11) is 3.29. The monoisotopic (exact) mass is 377 g/mol. The molecule has 7 nitrogen and oxygen atoms in total.